The van der Waals surface area contributed by atoms with E-state index in [4.69, 9.17) is 0 Å². The Hall–Kier alpha value is -6.64. The van der Waals surface area contributed by atoms with Crippen molar-refractivity contribution >= 4 is 38.9 Å². The first-order valence-corrected chi connectivity index (χ1v) is 17.1. The van der Waals surface area contributed by atoms with E-state index in [0.717, 1.165) is 22.7 Å². The van der Waals surface area contributed by atoms with E-state index in [2.05, 4.69) is 216 Å². The predicted octanol–water partition coefficient (Wildman–Crippen LogP) is 13.3. The van der Waals surface area contributed by atoms with Crippen molar-refractivity contribution in [2.45, 2.75) is 0 Å². The standard InChI is InChI=1S/C48H34N2/c1-4-12-35(13-5-1)37-20-27-42(28-21-37)49(41-16-8-3-9-17-41)43-29-24-39(25-30-43)40-26-33-46-45-18-10-11-19-47(45)50(48(46)34-40)44-31-22-38(23-32-44)36-14-6-2-7-15-36/h1-34H. The van der Waals surface area contributed by atoms with E-state index in [0.29, 0.717) is 0 Å². The van der Waals surface area contributed by atoms with Gasteiger partial charge in [0.25, 0.3) is 0 Å². The van der Waals surface area contributed by atoms with Crippen LogP contribution in [-0.4, -0.2) is 4.57 Å². The third kappa shape index (κ3) is 5.43. The number of rotatable bonds is 7. The minimum Gasteiger partial charge on any atom is -0.311 e. The smallest absolute Gasteiger partial charge is 0.0547 e. The van der Waals surface area contributed by atoms with E-state index in [9.17, 15) is 0 Å². The van der Waals surface area contributed by atoms with Crippen molar-refractivity contribution in [2.24, 2.45) is 0 Å². The molecule has 0 N–H and O–H groups in total. The molecule has 9 rings (SSSR count). The quantitative estimate of drug-likeness (QED) is 0.169. The van der Waals surface area contributed by atoms with Crippen molar-refractivity contribution in [1.29, 1.82) is 0 Å². The number of fused-ring (bicyclic) bond motifs is 3. The number of nitrogens with zero attached hydrogens (tertiary/aromatic N) is 2. The molecular weight excluding hydrogens is 605 g/mol. The zero-order chi connectivity index (χ0) is 33.3. The Morgan fingerprint density at radius 2 is 0.680 bits per heavy atom. The molecule has 0 aliphatic rings. The third-order valence-corrected chi connectivity index (χ3v) is 9.61. The van der Waals surface area contributed by atoms with Gasteiger partial charge in [-0.25, -0.2) is 0 Å². The van der Waals surface area contributed by atoms with E-state index in [1.807, 2.05) is 0 Å². The van der Waals surface area contributed by atoms with Gasteiger partial charge in [-0.15, -0.1) is 0 Å². The number of anilines is 3. The summed E-state index contributed by atoms with van der Waals surface area (Å²) in [7, 11) is 0. The molecule has 2 heteroatoms. The number of hydrogen-bond acceptors (Lipinski definition) is 1. The SMILES string of the molecule is c1ccc(-c2ccc(N(c3ccccc3)c3ccc(-c4ccc5c6ccccc6n(-c6ccc(-c7ccccc7)cc6)c5c4)cc3)cc2)cc1. The van der Waals surface area contributed by atoms with Crippen LogP contribution >= 0.6 is 0 Å². The fourth-order valence-corrected chi connectivity index (χ4v) is 7.12. The van der Waals surface area contributed by atoms with Crippen LogP contribution in [0.4, 0.5) is 17.1 Å². The molecular formula is C48H34N2. The molecule has 1 heterocycles. The number of benzene rings is 8. The van der Waals surface area contributed by atoms with Crippen LogP contribution in [0.2, 0.25) is 0 Å². The summed E-state index contributed by atoms with van der Waals surface area (Å²) in [6.07, 6.45) is 0. The lowest BCUT2D eigenvalue weighted by Crippen LogP contribution is -2.09. The molecule has 0 bridgehead atoms. The van der Waals surface area contributed by atoms with Gasteiger partial charge in [0.2, 0.25) is 0 Å². The first-order valence-electron chi connectivity index (χ1n) is 17.1. The van der Waals surface area contributed by atoms with E-state index < -0.39 is 0 Å². The molecule has 1 aromatic heterocycles. The number of hydrogen-bond donors (Lipinski definition) is 0. The van der Waals surface area contributed by atoms with Gasteiger partial charge in [0.15, 0.2) is 0 Å². The van der Waals surface area contributed by atoms with Crippen LogP contribution in [0.15, 0.2) is 206 Å². The van der Waals surface area contributed by atoms with Crippen LogP contribution in [0, 0.1) is 0 Å². The molecule has 0 saturated carbocycles. The third-order valence-electron chi connectivity index (χ3n) is 9.61. The summed E-state index contributed by atoms with van der Waals surface area (Å²) < 4.78 is 2.40. The Kier molecular flexibility index (Phi) is 7.53. The summed E-state index contributed by atoms with van der Waals surface area (Å²) in [6, 6.07) is 74.0. The van der Waals surface area contributed by atoms with E-state index >= 15 is 0 Å². The lowest BCUT2D eigenvalue weighted by Gasteiger charge is -2.26. The van der Waals surface area contributed by atoms with Crippen LogP contribution in [-0.2, 0) is 0 Å². The first kappa shape index (κ1) is 29.5. The largest absolute Gasteiger partial charge is 0.311 e. The van der Waals surface area contributed by atoms with Crippen LogP contribution in [0.3, 0.4) is 0 Å². The summed E-state index contributed by atoms with van der Waals surface area (Å²) in [5.41, 5.74) is 14.1. The second-order valence-electron chi connectivity index (χ2n) is 12.6. The molecule has 0 unspecified atom stereocenters. The molecule has 2 nitrogen and oxygen atoms in total. The maximum Gasteiger partial charge on any atom is 0.0547 e. The highest BCUT2D eigenvalue weighted by atomic mass is 15.1. The zero-order valence-electron chi connectivity index (χ0n) is 27.5. The Morgan fingerprint density at radius 3 is 1.26 bits per heavy atom. The van der Waals surface area contributed by atoms with E-state index in [1.54, 1.807) is 0 Å². The van der Waals surface area contributed by atoms with Gasteiger partial charge in [-0.2, -0.15) is 0 Å². The fraction of sp³-hybridized carbons (Fsp3) is 0. The average molecular weight is 639 g/mol. The van der Waals surface area contributed by atoms with Crippen LogP contribution in [0.1, 0.15) is 0 Å². The summed E-state index contributed by atoms with van der Waals surface area (Å²) in [6.45, 7) is 0. The highest BCUT2D eigenvalue weighted by molar-refractivity contribution is 6.10. The lowest BCUT2D eigenvalue weighted by atomic mass is 10.0. The van der Waals surface area contributed by atoms with Gasteiger partial charge in [0.05, 0.1) is 11.0 Å². The van der Waals surface area contributed by atoms with Crippen molar-refractivity contribution in [2.75, 3.05) is 4.90 Å². The van der Waals surface area contributed by atoms with E-state index in [1.165, 1.54) is 55.2 Å². The normalized spacial score (nSPS) is 11.2. The van der Waals surface area contributed by atoms with Crippen molar-refractivity contribution in [3.63, 3.8) is 0 Å². The second-order valence-corrected chi connectivity index (χ2v) is 12.6. The fourth-order valence-electron chi connectivity index (χ4n) is 7.12. The van der Waals surface area contributed by atoms with Crippen molar-refractivity contribution < 1.29 is 0 Å². The van der Waals surface area contributed by atoms with Crippen molar-refractivity contribution in [1.82, 2.24) is 4.57 Å². The van der Waals surface area contributed by atoms with Crippen molar-refractivity contribution in [3.05, 3.63) is 206 Å². The Balaban J connectivity index is 1.09. The topological polar surface area (TPSA) is 8.17 Å². The number of aromatic nitrogens is 1. The Labute approximate surface area is 292 Å². The summed E-state index contributed by atoms with van der Waals surface area (Å²) >= 11 is 0. The molecule has 0 aliphatic heterocycles. The molecule has 0 saturated heterocycles. The van der Waals surface area contributed by atoms with Gasteiger partial charge >= 0.3 is 0 Å². The Morgan fingerprint density at radius 1 is 0.280 bits per heavy atom. The monoisotopic (exact) mass is 638 g/mol. The zero-order valence-corrected chi connectivity index (χ0v) is 27.5. The molecule has 8 aromatic carbocycles. The van der Waals surface area contributed by atoms with E-state index in [-0.39, 0.29) is 0 Å². The summed E-state index contributed by atoms with van der Waals surface area (Å²) in [5, 5.41) is 2.51. The summed E-state index contributed by atoms with van der Waals surface area (Å²) in [5.74, 6) is 0. The molecule has 0 amide bonds. The van der Waals surface area contributed by atoms with Gasteiger partial charge < -0.3 is 9.47 Å². The highest BCUT2D eigenvalue weighted by Gasteiger charge is 2.15. The molecule has 236 valence electrons. The summed E-state index contributed by atoms with van der Waals surface area (Å²) in [4.78, 5) is 2.32. The number of para-hydroxylation sites is 2. The van der Waals surface area contributed by atoms with Gasteiger partial charge in [0, 0.05) is 33.5 Å². The second kappa shape index (κ2) is 12.8. The molecule has 0 aliphatic carbocycles. The van der Waals surface area contributed by atoms with Gasteiger partial charge in [-0.3, -0.25) is 0 Å². The maximum absolute atomic E-state index is 2.40. The maximum atomic E-state index is 2.40. The van der Waals surface area contributed by atoms with Crippen LogP contribution in [0.25, 0.3) is 60.9 Å². The average Bonchev–Trinajstić information content (AvgIpc) is 3.53. The molecule has 0 atom stereocenters. The molecule has 0 fully saturated rings. The van der Waals surface area contributed by atoms with Gasteiger partial charge in [-0.05, 0) is 94.0 Å². The minimum absolute atomic E-state index is 1.11. The predicted molar refractivity (Wildman–Crippen MR) is 212 cm³/mol. The molecule has 9 aromatic rings. The highest BCUT2D eigenvalue weighted by Crippen LogP contribution is 2.38. The van der Waals surface area contributed by atoms with Crippen LogP contribution in [0.5, 0.6) is 0 Å². The van der Waals surface area contributed by atoms with Gasteiger partial charge in [-0.1, -0.05) is 146 Å². The molecule has 50 heavy (non-hydrogen) atoms. The minimum atomic E-state index is 1.11. The lowest BCUT2D eigenvalue weighted by molar-refractivity contribution is 1.18. The van der Waals surface area contributed by atoms with Gasteiger partial charge in [0.1, 0.15) is 0 Å². The molecule has 0 radical (unpaired) electrons. The van der Waals surface area contributed by atoms with Crippen LogP contribution < -0.4 is 4.90 Å². The Bertz CT molecular complexity index is 2530. The van der Waals surface area contributed by atoms with Crippen molar-refractivity contribution in [3.8, 4) is 39.1 Å². The molecule has 0 spiro atoms. The first-order chi connectivity index (χ1) is 24.8.